The van der Waals surface area contributed by atoms with E-state index in [1.807, 2.05) is 5.06 Å². The van der Waals surface area contributed by atoms with Gasteiger partial charge in [0, 0.05) is 32.2 Å². The van der Waals surface area contributed by atoms with Crippen molar-refractivity contribution in [2.75, 3.05) is 33.3 Å². The van der Waals surface area contributed by atoms with Crippen molar-refractivity contribution in [3.63, 3.8) is 0 Å². The number of hydrogen-bond donors (Lipinski definition) is 0. The summed E-state index contributed by atoms with van der Waals surface area (Å²) in [6.07, 6.45) is 0. The molecule has 3 nitrogen and oxygen atoms in total. The summed E-state index contributed by atoms with van der Waals surface area (Å²) in [5.41, 5.74) is 0. The van der Waals surface area contributed by atoms with Gasteiger partial charge < -0.3 is 4.84 Å². The molecule has 0 saturated carbocycles. The number of piperazine rings is 1. The highest BCUT2D eigenvalue weighted by atomic mass is 16.7. The molecule has 1 saturated heterocycles. The number of rotatable bonds is 2. The van der Waals surface area contributed by atoms with E-state index in [0.717, 1.165) is 26.2 Å². The van der Waals surface area contributed by atoms with Gasteiger partial charge in [0.1, 0.15) is 0 Å². The summed E-state index contributed by atoms with van der Waals surface area (Å²) < 4.78 is 0. The van der Waals surface area contributed by atoms with Crippen LogP contribution in [0.25, 0.3) is 0 Å². The van der Waals surface area contributed by atoms with Gasteiger partial charge in [-0.15, -0.1) is 0 Å². The first-order valence-corrected chi connectivity index (χ1v) is 4.27. The molecule has 0 aromatic carbocycles. The zero-order chi connectivity index (χ0) is 8.27. The van der Waals surface area contributed by atoms with Crippen molar-refractivity contribution in [1.82, 2.24) is 9.96 Å². The maximum absolute atomic E-state index is 5.13. The van der Waals surface area contributed by atoms with Crippen LogP contribution in [-0.2, 0) is 4.84 Å². The van der Waals surface area contributed by atoms with Crippen LogP contribution in [0.4, 0.5) is 0 Å². The molecule has 0 spiro atoms. The van der Waals surface area contributed by atoms with E-state index in [1.165, 1.54) is 0 Å². The summed E-state index contributed by atoms with van der Waals surface area (Å²) in [5, 5.41) is 2.01. The molecule has 0 aromatic rings. The lowest BCUT2D eigenvalue weighted by Gasteiger charge is -2.35. The summed E-state index contributed by atoms with van der Waals surface area (Å²) in [6.45, 7) is 8.81. The summed E-state index contributed by atoms with van der Waals surface area (Å²) in [7, 11) is 1.74. The topological polar surface area (TPSA) is 15.7 Å². The lowest BCUT2D eigenvalue weighted by atomic mass is 10.3. The van der Waals surface area contributed by atoms with Crippen LogP contribution in [0, 0.1) is 0 Å². The van der Waals surface area contributed by atoms with Gasteiger partial charge in [-0.1, -0.05) is 0 Å². The van der Waals surface area contributed by atoms with Crippen LogP contribution in [0.2, 0.25) is 0 Å². The summed E-state index contributed by atoms with van der Waals surface area (Å²) >= 11 is 0. The molecule has 0 N–H and O–H groups in total. The Labute approximate surface area is 68.9 Å². The van der Waals surface area contributed by atoms with Crippen LogP contribution in [0.5, 0.6) is 0 Å². The van der Waals surface area contributed by atoms with Crippen molar-refractivity contribution >= 4 is 0 Å². The van der Waals surface area contributed by atoms with Gasteiger partial charge in [-0.2, -0.15) is 5.06 Å². The first-order chi connectivity index (χ1) is 5.24. The monoisotopic (exact) mass is 158 g/mol. The highest BCUT2D eigenvalue weighted by Gasteiger charge is 2.17. The Bertz CT molecular complexity index is 109. The van der Waals surface area contributed by atoms with E-state index in [4.69, 9.17) is 4.84 Å². The second kappa shape index (κ2) is 4.04. The first kappa shape index (κ1) is 8.97. The van der Waals surface area contributed by atoms with Gasteiger partial charge in [0.05, 0.1) is 7.11 Å². The predicted molar refractivity (Wildman–Crippen MR) is 45.3 cm³/mol. The van der Waals surface area contributed by atoms with Crippen molar-refractivity contribution in [2.24, 2.45) is 0 Å². The molecule has 0 aromatic heterocycles. The Morgan fingerprint density at radius 3 is 2.00 bits per heavy atom. The van der Waals surface area contributed by atoms with E-state index in [1.54, 1.807) is 7.11 Å². The molecular formula is C8H18N2O. The SMILES string of the molecule is CON1CCN(C(C)C)CC1. The maximum Gasteiger partial charge on any atom is 0.0575 e. The maximum atomic E-state index is 5.13. The molecule has 0 amide bonds. The van der Waals surface area contributed by atoms with Crippen molar-refractivity contribution in [2.45, 2.75) is 19.9 Å². The third kappa shape index (κ3) is 2.43. The molecule has 1 aliphatic heterocycles. The Hall–Kier alpha value is -0.120. The quantitative estimate of drug-likeness (QED) is 0.584. The van der Waals surface area contributed by atoms with Gasteiger partial charge in [0.25, 0.3) is 0 Å². The average molecular weight is 158 g/mol. The number of nitrogens with zero attached hydrogens (tertiary/aromatic N) is 2. The molecule has 1 fully saturated rings. The number of hydroxylamine groups is 2. The van der Waals surface area contributed by atoms with Gasteiger partial charge in [0.15, 0.2) is 0 Å². The van der Waals surface area contributed by atoms with Crippen LogP contribution in [0.1, 0.15) is 13.8 Å². The van der Waals surface area contributed by atoms with E-state index >= 15 is 0 Å². The van der Waals surface area contributed by atoms with E-state index < -0.39 is 0 Å². The molecule has 0 aliphatic carbocycles. The zero-order valence-corrected chi connectivity index (χ0v) is 7.71. The van der Waals surface area contributed by atoms with Crippen molar-refractivity contribution < 1.29 is 4.84 Å². The van der Waals surface area contributed by atoms with Crippen LogP contribution in [-0.4, -0.2) is 49.3 Å². The van der Waals surface area contributed by atoms with Gasteiger partial charge in [-0.25, -0.2) is 0 Å². The molecule has 0 atom stereocenters. The molecule has 66 valence electrons. The van der Waals surface area contributed by atoms with E-state index in [-0.39, 0.29) is 0 Å². The van der Waals surface area contributed by atoms with Gasteiger partial charge in [0.2, 0.25) is 0 Å². The minimum atomic E-state index is 0.675. The molecule has 1 aliphatic rings. The van der Waals surface area contributed by atoms with Gasteiger partial charge >= 0.3 is 0 Å². The third-order valence-electron chi connectivity index (χ3n) is 2.26. The molecule has 0 radical (unpaired) electrons. The lowest BCUT2D eigenvalue weighted by Crippen LogP contribution is -2.48. The molecule has 0 bridgehead atoms. The van der Waals surface area contributed by atoms with Gasteiger partial charge in [-0.05, 0) is 13.8 Å². The molecule has 0 unspecified atom stereocenters. The van der Waals surface area contributed by atoms with Crippen LogP contribution < -0.4 is 0 Å². The minimum absolute atomic E-state index is 0.675. The smallest absolute Gasteiger partial charge is 0.0575 e. The van der Waals surface area contributed by atoms with Crippen molar-refractivity contribution in [1.29, 1.82) is 0 Å². The fraction of sp³-hybridized carbons (Fsp3) is 1.00. The molecular weight excluding hydrogens is 140 g/mol. The molecule has 1 rings (SSSR count). The highest BCUT2D eigenvalue weighted by Crippen LogP contribution is 2.04. The van der Waals surface area contributed by atoms with E-state index in [2.05, 4.69) is 18.7 Å². The second-order valence-corrected chi connectivity index (χ2v) is 3.24. The minimum Gasteiger partial charge on any atom is -0.302 e. The van der Waals surface area contributed by atoms with Crippen LogP contribution in [0.15, 0.2) is 0 Å². The van der Waals surface area contributed by atoms with Crippen LogP contribution >= 0.6 is 0 Å². The Morgan fingerprint density at radius 2 is 1.64 bits per heavy atom. The normalized spacial score (nSPS) is 22.9. The average Bonchev–Trinajstić information content (AvgIpc) is 2.05. The van der Waals surface area contributed by atoms with Crippen molar-refractivity contribution in [3.8, 4) is 0 Å². The largest absolute Gasteiger partial charge is 0.302 e. The summed E-state index contributed by atoms with van der Waals surface area (Å²) in [6, 6.07) is 0.675. The Morgan fingerprint density at radius 1 is 1.09 bits per heavy atom. The fourth-order valence-electron chi connectivity index (χ4n) is 1.40. The van der Waals surface area contributed by atoms with E-state index in [0.29, 0.717) is 6.04 Å². The third-order valence-corrected chi connectivity index (χ3v) is 2.26. The molecule has 1 heterocycles. The number of hydrogen-bond acceptors (Lipinski definition) is 3. The lowest BCUT2D eigenvalue weighted by molar-refractivity contribution is -0.154. The van der Waals surface area contributed by atoms with E-state index in [9.17, 15) is 0 Å². The fourth-order valence-corrected chi connectivity index (χ4v) is 1.40. The summed E-state index contributed by atoms with van der Waals surface area (Å²) in [4.78, 5) is 7.59. The standard InChI is InChI=1S/C8H18N2O/c1-8(2)9-4-6-10(11-3)7-5-9/h8H,4-7H2,1-3H3. The first-order valence-electron chi connectivity index (χ1n) is 4.27. The Kier molecular flexibility index (Phi) is 3.30. The van der Waals surface area contributed by atoms with Crippen LogP contribution in [0.3, 0.4) is 0 Å². The second-order valence-electron chi connectivity index (χ2n) is 3.24. The Balaban J connectivity index is 2.24. The zero-order valence-electron chi connectivity index (χ0n) is 7.71. The predicted octanol–water partition coefficient (Wildman–Crippen LogP) is 0.574. The molecule has 11 heavy (non-hydrogen) atoms. The molecule has 3 heteroatoms. The van der Waals surface area contributed by atoms with Gasteiger partial charge in [-0.3, -0.25) is 4.90 Å². The summed E-state index contributed by atoms with van der Waals surface area (Å²) in [5.74, 6) is 0. The highest BCUT2D eigenvalue weighted by molar-refractivity contribution is 4.69. The van der Waals surface area contributed by atoms with Crippen molar-refractivity contribution in [3.05, 3.63) is 0 Å².